The minimum atomic E-state index is 0. The summed E-state index contributed by atoms with van der Waals surface area (Å²) in [6.45, 7) is 3.36. The van der Waals surface area contributed by atoms with Crippen molar-refractivity contribution in [2.75, 3.05) is 5.75 Å². The summed E-state index contributed by atoms with van der Waals surface area (Å²) in [7, 11) is 4.00. The van der Waals surface area contributed by atoms with Gasteiger partial charge in [0.15, 0.2) is 0 Å². The molecule has 1 rings (SSSR count). The smallest absolute Gasteiger partial charge is 0.0159 e. The molecular formula is C10H18OS2Y-2. The Morgan fingerprint density at radius 1 is 1.43 bits per heavy atom. The number of carbonyl (C=O) groups is 1. The summed E-state index contributed by atoms with van der Waals surface area (Å²) in [5, 5.41) is 0.856. The maximum Gasteiger partial charge on any atom is 0.0159 e. The minimum absolute atomic E-state index is 0. The van der Waals surface area contributed by atoms with E-state index in [9.17, 15) is 4.79 Å². The Kier molecular flexibility index (Phi) is 13.7. The third-order valence-electron chi connectivity index (χ3n) is 1.96. The number of carbonyl (C=O) groups excluding carboxylic acids is 1. The quantitative estimate of drug-likeness (QED) is 0.439. The van der Waals surface area contributed by atoms with Crippen LogP contribution in [0.3, 0.4) is 0 Å². The summed E-state index contributed by atoms with van der Waals surface area (Å²) in [4.78, 5) is 10.5. The topological polar surface area (TPSA) is 17.1 Å². The first-order valence-corrected chi connectivity index (χ1v) is 6.80. The van der Waals surface area contributed by atoms with Crippen LogP contribution in [0.5, 0.6) is 0 Å². The molecule has 81 valence electrons. The van der Waals surface area contributed by atoms with Gasteiger partial charge in [0.25, 0.3) is 0 Å². The average molecular weight is 307 g/mol. The number of ketones is 1. The molecule has 0 amide bonds. The molecule has 1 fully saturated rings. The summed E-state index contributed by atoms with van der Waals surface area (Å²) in [5.41, 5.74) is 0. The number of rotatable bonds is 5. The van der Waals surface area contributed by atoms with Crippen molar-refractivity contribution >= 4 is 27.4 Å². The van der Waals surface area contributed by atoms with Gasteiger partial charge in [0.2, 0.25) is 0 Å². The molecule has 1 saturated heterocycles. The molecule has 0 aromatic rings. The molecule has 14 heavy (non-hydrogen) atoms. The van der Waals surface area contributed by atoms with E-state index in [0.717, 1.165) is 11.7 Å². The predicted octanol–water partition coefficient (Wildman–Crippen LogP) is 3.55. The van der Waals surface area contributed by atoms with E-state index in [1.54, 1.807) is 0 Å². The Balaban J connectivity index is 0. The van der Waals surface area contributed by atoms with Crippen molar-refractivity contribution in [2.45, 2.75) is 37.4 Å². The standard InChI is InChI=1S/C9H15OS2.CH3.Y/c1-8(10)4-2-3-5-9-6-7-11-12-9;;/h9H,1-7H2;1H3;/q2*-1;. The zero-order valence-electron chi connectivity index (χ0n) is 8.83. The van der Waals surface area contributed by atoms with E-state index in [-0.39, 0.29) is 45.9 Å². The largest absolute Gasteiger partial charge is 0.358 e. The number of hydrogen-bond acceptors (Lipinski definition) is 3. The Morgan fingerprint density at radius 3 is 2.64 bits per heavy atom. The second-order valence-corrected chi connectivity index (χ2v) is 5.90. The van der Waals surface area contributed by atoms with Crippen LogP contribution in [0.2, 0.25) is 0 Å². The third-order valence-corrected chi connectivity index (χ3v) is 4.97. The van der Waals surface area contributed by atoms with E-state index in [2.05, 4.69) is 6.92 Å². The first-order valence-electron chi connectivity index (χ1n) is 4.42. The predicted molar refractivity (Wildman–Crippen MR) is 63.7 cm³/mol. The second kappa shape index (κ2) is 10.8. The molecule has 0 aromatic carbocycles. The van der Waals surface area contributed by atoms with Crippen LogP contribution in [0.1, 0.15) is 32.1 Å². The molecule has 1 aliphatic rings. The van der Waals surface area contributed by atoms with Crippen molar-refractivity contribution in [2.24, 2.45) is 0 Å². The van der Waals surface area contributed by atoms with E-state index in [1.165, 1.54) is 25.0 Å². The van der Waals surface area contributed by atoms with Gasteiger partial charge >= 0.3 is 0 Å². The molecule has 1 atom stereocenters. The molecule has 0 aliphatic carbocycles. The van der Waals surface area contributed by atoms with Crippen molar-refractivity contribution in [1.29, 1.82) is 0 Å². The van der Waals surface area contributed by atoms with Crippen molar-refractivity contribution in [1.82, 2.24) is 0 Å². The second-order valence-electron chi connectivity index (χ2n) is 3.11. The molecule has 0 aromatic heterocycles. The Bertz CT molecular complexity index is 147. The molecule has 0 N–H and O–H groups in total. The SMILES string of the molecule is [CH2-]C(=O)CCCCC1CCSS1.[CH3-].[Y]. The fourth-order valence-corrected chi connectivity index (χ4v) is 4.29. The van der Waals surface area contributed by atoms with Gasteiger partial charge in [0, 0.05) is 43.7 Å². The number of unbranched alkanes of at least 4 members (excludes halogenated alkanes) is 1. The van der Waals surface area contributed by atoms with Crippen LogP contribution in [0.15, 0.2) is 0 Å². The zero-order chi connectivity index (χ0) is 8.81. The van der Waals surface area contributed by atoms with E-state index < -0.39 is 0 Å². The Hall–Kier alpha value is 1.34. The van der Waals surface area contributed by atoms with Gasteiger partial charge in [-0.15, -0.1) is 0 Å². The maximum atomic E-state index is 10.5. The van der Waals surface area contributed by atoms with Crippen molar-refractivity contribution < 1.29 is 37.5 Å². The molecule has 4 heteroatoms. The third kappa shape index (κ3) is 8.64. The van der Waals surface area contributed by atoms with Gasteiger partial charge in [0.1, 0.15) is 0 Å². The number of hydrogen-bond donors (Lipinski definition) is 0. The van der Waals surface area contributed by atoms with Crippen LogP contribution >= 0.6 is 21.6 Å². The first kappa shape index (κ1) is 17.7. The molecule has 1 aliphatic heterocycles. The molecule has 1 unspecified atom stereocenters. The normalized spacial score (nSPS) is 19.6. The molecule has 1 radical (unpaired) electrons. The van der Waals surface area contributed by atoms with Crippen molar-refractivity contribution in [3.63, 3.8) is 0 Å². The van der Waals surface area contributed by atoms with Gasteiger partial charge in [-0.3, -0.25) is 0 Å². The first-order chi connectivity index (χ1) is 5.79. The van der Waals surface area contributed by atoms with Crippen LogP contribution in [0, 0.1) is 14.4 Å². The van der Waals surface area contributed by atoms with Crippen LogP contribution in [-0.2, 0) is 37.5 Å². The van der Waals surface area contributed by atoms with Gasteiger partial charge in [0.05, 0.1) is 0 Å². The molecular weight excluding hydrogens is 289 g/mol. The van der Waals surface area contributed by atoms with Crippen molar-refractivity contribution in [3.8, 4) is 0 Å². The van der Waals surface area contributed by atoms with E-state index in [4.69, 9.17) is 0 Å². The average Bonchev–Trinajstić information content (AvgIpc) is 2.49. The van der Waals surface area contributed by atoms with Crippen LogP contribution in [-0.4, -0.2) is 16.8 Å². The van der Waals surface area contributed by atoms with Gasteiger partial charge in [-0.1, -0.05) is 28.0 Å². The van der Waals surface area contributed by atoms with Gasteiger partial charge in [-0.25, -0.2) is 0 Å². The fraction of sp³-hybridized carbons (Fsp3) is 0.700. The Morgan fingerprint density at radius 2 is 2.14 bits per heavy atom. The molecule has 1 nitrogen and oxygen atoms in total. The molecule has 1 heterocycles. The minimum Gasteiger partial charge on any atom is -0.358 e. The molecule has 0 bridgehead atoms. The summed E-state index contributed by atoms with van der Waals surface area (Å²) in [6.07, 6.45) is 5.53. The van der Waals surface area contributed by atoms with E-state index in [0.29, 0.717) is 6.42 Å². The number of Topliss-reactive ketones (excluding diaryl/α,β-unsaturated/α-hetero) is 1. The summed E-state index contributed by atoms with van der Waals surface area (Å²) >= 11 is 0. The van der Waals surface area contributed by atoms with Crippen LogP contribution in [0.25, 0.3) is 0 Å². The summed E-state index contributed by atoms with van der Waals surface area (Å²) < 4.78 is 0. The van der Waals surface area contributed by atoms with Crippen molar-refractivity contribution in [3.05, 3.63) is 14.4 Å². The molecule has 0 saturated carbocycles. The fourth-order valence-electron chi connectivity index (χ4n) is 1.26. The maximum absolute atomic E-state index is 10.5. The van der Waals surface area contributed by atoms with Gasteiger partial charge < -0.3 is 19.1 Å². The summed E-state index contributed by atoms with van der Waals surface area (Å²) in [6, 6.07) is 0. The van der Waals surface area contributed by atoms with Crippen LogP contribution in [0.4, 0.5) is 0 Å². The van der Waals surface area contributed by atoms with E-state index >= 15 is 0 Å². The zero-order valence-corrected chi connectivity index (χ0v) is 13.3. The summed E-state index contributed by atoms with van der Waals surface area (Å²) in [5.74, 6) is 1.40. The van der Waals surface area contributed by atoms with Gasteiger partial charge in [-0.2, -0.15) is 0 Å². The monoisotopic (exact) mass is 307 g/mol. The van der Waals surface area contributed by atoms with Crippen LogP contribution < -0.4 is 0 Å². The molecule has 0 spiro atoms. The van der Waals surface area contributed by atoms with Gasteiger partial charge in [-0.05, 0) is 31.5 Å². The Labute approximate surface area is 121 Å². The van der Waals surface area contributed by atoms with E-state index in [1.807, 2.05) is 21.6 Å².